The summed E-state index contributed by atoms with van der Waals surface area (Å²) in [6.45, 7) is 7.24. The molecule has 0 N–H and O–H groups in total. The van der Waals surface area contributed by atoms with Crippen LogP contribution in [0.3, 0.4) is 0 Å². The number of hydrogen-bond acceptors (Lipinski definition) is 7. The van der Waals surface area contributed by atoms with Crippen molar-refractivity contribution in [2.75, 3.05) is 39.4 Å². The predicted molar refractivity (Wildman–Crippen MR) is 123 cm³/mol. The van der Waals surface area contributed by atoms with E-state index in [-0.39, 0.29) is 11.8 Å². The van der Waals surface area contributed by atoms with E-state index in [1.54, 1.807) is 18.6 Å². The minimum atomic E-state index is 0.0394. The number of carbonyl (C=O) groups excluding carboxylic acids is 1. The van der Waals surface area contributed by atoms with Crippen LogP contribution in [0.5, 0.6) is 0 Å². The summed E-state index contributed by atoms with van der Waals surface area (Å²) >= 11 is 0. The third-order valence-corrected chi connectivity index (χ3v) is 6.42. The number of pyridine rings is 1. The Kier molecular flexibility index (Phi) is 6.46. The van der Waals surface area contributed by atoms with Crippen molar-refractivity contribution >= 4 is 5.91 Å². The number of nitrogens with zero attached hydrogens (tertiary/aromatic N) is 5. The molecule has 0 saturated carbocycles. The summed E-state index contributed by atoms with van der Waals surface area (Å²) in [5, 5.41) is 0. The summed E-state index contributed by atoms with van der Waals surface area (Å²) in [6, 6.07) is 7.70. The predicted octanol–water partition coefficient (Wildman–Crippen LogP) is 3.29. The number of piperidine rings is 1. The highest BCUT2D eigenvalue weighted by Gasteiger charge is 2.29. The lowest BCUT2D eigenvalue weighted by atomic mass is 9.94. The van der Waals surface area contributed by atoms with Crippen molar-refractivity contribution in [3.05, 3.63) is 65.6 Å². The van der Waals surface area contributed by atoms with Crippen LogP contribution in [-0.2, 0) is 11.3 Å². The van der Waals surface area contributed by atoms with E-state index in [0.717, 1.165) is 62.7 Å². The number of carbonyl (C=O) groups is 1. The number of likely N-dealkylation sites (tertiary alicyclic amines) is 1. The highest BCUT2D eigenvalue weighted by atomic mass is 16.5. The van der Waals surface area contributed by atoms with Crippen molar-refractivity contribution in [3.63, 3.8) is 0 Å². The molecule has 0 bridgehead atoms. The van der Waals surface area contributed by atoms with E-state index >= 15 is 0 Å². The molecule has 8 nitrogen and oxygen atoms in total. The number of amides is 1. The number of rotatable bonds is 5. The van der Waals surface area contributed by atoms with Gasteiger partial charge in [-0.3, -0.25) is 14.7 Å². The zero-order valence-corrected chi connectivity index (χ0v) is 18.9. The van der Waals surface area contributed by atoms with E-state index in [1.165, 1.54) is 0 Å². The number of aryl methyl sites for hydroxylation is 1. The van der Waals surface area contributed by atoms with Crippen LogP contribution in [0.4, 0.5) is 0 Å². The van der Waals surface area contributed by atoms with Crippen molar-refractivity contribution in [1.82, 2.24) is 24.8 Å². The lowest BCUT2D eigenvalue weighted by molar-refractivity contribution is 0.0312. The van der Waals surface area contributed by atoms with Crippen molar-refractivity contribution < 1.29 is 13.9 Å². The largest absolute Gasteiger partial charge is 0.464 e. The molecule has 3 aromatic rings. The lowest BCUT2D eigenvalue weighted by Crippen LogP contribution is -2.39. The molecule has 5 rings (SSSR count). The van der Waals surface area contributed by atoms with Crippen LogP contribution >= 0.6 is 0 Å². The third kappa shape index (κ3) is 4.96. The second-order valence-corrected chi connectivity index (χ2v) is 8.70. The Balaban J connectivity index is 1.29. The molecule has 1 amide bonds. The van der Waals surface area contributed by atoms with Crippen molar-refractivity contribution in [3.8, 4) is 11.4 Å². The number of morpholine rings is 1. The SMILES string of the molecule is Cc1oc(CN2CCOCC2)cc1C(=O)N1CCCC(c2ccnc(-c3ccncc3)n2)C1. The molecular weight excluding hydrogens is 418 g/mol. The Morgan fingerprint density at radius 3 is 2.76 bits per heavy atom. The van der Waals surface area contributed by atoms with Crippen LogP contribution in [0.1, 0.15) is 46.3 Å². The average Bonchev–Trinajstić information content (AvgIpc) is 3.24. The van der Waals surface area contributed by atoms with E-state index in [1.807, 2.05) is 36.1 Å². The summed E-state index contributed by atoms with van der Waals surface area (Å²) in [4.78, 5) is 30.9. The molecule has 172 valence electrons. The van der Waals surface area contributed by atoms with Gasteiger partial charge < -0.3 is 14.1 Å². The average molecular weight is 448 g/mol. The zero-order chi connectivity index (χ0) is 22.6. The molecule has 1 unspecified atom stereocenters. The zero-order valence-electron chi connectivity index (χ0n) is 18.9. The Morgan fingerprint density at radius 1 is 1.12 bits per heavy atom. The van der Waals surface area contributed by atoms with Gasteiger partial charge >= 0.3 is 0 Å². The van der Waals surface area contributed by atoms with Crippen LogP contribution in [0.2, 0.25) is 0 Å². The van der Waals surface area contributed by atoms with Gasteiger partial charge in [-0.2, -0.15) is 0 Å². The highest BCUT2D eigenvalue weighted by Crippen LogP contribution is 2.29. The third-order valence-electron chi connectivity index (χ3n) is 6.42. The molecule has 0 aromatic carbocycles. The number of hydrogen-bond donors (Lipinski definition) is 0. The maximum absolute atomic E-state index is 13.4. The monoisotopic (exact) mass is 447 g/mol. The summed E-state index contributed by atoms with van der Waals surface area (Å²) in [5.41, 5.74) is 2.59. The number of furan rings is 1. The first-order valence-corrected chi connectivity index (χ1v) is 11.6. The Labute approximate surface area is 193 Å². The molecule has 2 saturated heterocycles. The van der Waals surface area contributed by atoms with E-state index < -0.39 is 0 Å². The maximum Gasteiger partial charge on any atom is 0.257 e. The van der Waals surface area contributed by atoms with Gasteiger partial charge in [0.2, 0.25) is 0 Å². The van der Waals surface area contributed by atoms with Crippen LogP contribution in [0.15, 0.2) is 47.3 Å². The van der Waals surface area contributed by atoms with Crippen LogP contribution in [0, 0.1) is 6.92 Å². The molecule has 0 aliphatic carbocycles. The molecule has 33 heavy (non-hydrogen) atoms. The first-order valence-electron chi connectivity index (χ1n) is 11.6. The fraction of sp³-hybridized carbons (Fsp3) is 0.440. The van der Waals surface area contributed by atoms with Crippen molar-refractivity contribution in [2.24, 2.45) is 0 Å². The Hall–Kier alpha value is -3.10. The summed E-state index contributed by atoms with van der Waals surface area (Å²) in [6.07, 6.45) is 7.24. The molecule has 0 spiro atoms. The summed E-state index contributed by atoms with van der Waals surface area (Å²) in [5.74, 6) is 2.44. The van der Waals surface area contributed by atoms with Crippen LogP contribution in [0.25, 0.3) is 11.4 Å². The second kappa shape index (κ2) is 9.80. The first kappa shape index (κ1) is 21.7. The molecule has 0 radical (unpaired) electrons. The van der Waals surface area contributed by atoms with Crippen LogP contribution in [-0.4, -0.2) is 70.1 Å². The number of aromatic nitrogens is 3. The van der Waals surface area contributed by atoms with Gasteiger partial charge in [0.25, 0.3) is 5.91 Å². The van der Waals surface area contributed by atoms with Gasteiger partial charge in [0, 0.05) is 61.9 Å². The molecule has 5 heterocycles. The van der Waals surface area contributed by atoms with Gasteiger partial charge in [0.15, 0.2) is 5.82 Å². The molecule has 2 aliphatic rings. The quantitative estimate of drug-likeness (QED) is 0.593. The number of ether oxygens (including phenoxy) is 1. The maximum atomic E-state index is 13.4. The summed E-state index contributed by atoms with van der Waals surface area (Å²) in [7, 11) is 0. The molecule has 2 fully saturated rings. The highest BCUT2D eigenvalue weighted by molar-refractivity contribution is 5.95. The van der Waals surface area contributed by atoms with Gasteiger partial charge in [-0.1, -0.05) is 0 Å². The second-order valence-electron chi connectivity index (χ2n) is 8.70. The van der Waals surface area contributed by atoms with Crippen molar-refractivity contribution in [1.29, 1.82) is 0 Å². The molecular formula is C25H29N5O3. The smallest absolute Gasteiger partial charge is 0.257 e. The van der Waals surface area contributed by atoms with Gasteiger partial charge in [-0.15, -0.1) is 0 Å². The lowest BCUT2D eigenvalue weighted by Gasteiger charge is -2.32. The standard InChI is InChI=1S/C25H29N5O3/c1-18-22(15-21(33-18)17-29-11-13-32-14-12-29)25(31)30-10-2-3-20(16-30)23-6-9-27-24(28-23)19-4-7-26-8-5-19/h4-9,15,20H,2-3,10-14,16-17H2,1H3. The van der Waals surface area contributed by atoms with Gasteiger partial charge in [0.05, 0.1) is 25.3 Å². The topological polar surface area (TPSA) is 84.6 Å². The van der Waals surface area contributed by atoms with Gasteiger partial charge in [-0.05, 0) is 44.0 Å². The van der Waals surface area contributed by atoms with E-state index in [4.69, 9.17) is 14.1 Å². The van der Waals surface area contributed by atoms with E-state index in [2.05, 4.69) is 14.9 Å². The van der Waals surface area contributed by atoms with Gasteiger partial charge in [-0.25, -0.2) is 9.97 Å². The molecule has 8 heteroatoms. The van der Waals surface area contributed by atoms with Crippen molar-refractivity contribution in [2.45, 2.75) is 32.2 Å². The van der Waals surface area contributed by atoms with Gasteiger partial charge in [0.1, 0.15) is 11.5 Å². The summed E-state index contributed by atoms with van der Waals surface area (Å²) < 4.78 is 11.4. The Bertz CT molecular complexity index is 1090. The molecule has 3 aromatic heterocycles. The minimum Gasteiger partial charge on any atom is -0.464 e. The van der Waals surface area contributed by atoms with E-state index in [9.17, 15) is 4.79 Å². The molecule has 1 atom stereocenters. The van der Waals surface area contributed by atoms with E-state index in [0.29, 0.717) is 30.2 Å². The fourth-order valence-electron chi connectivity index (χ4n) is 4.63. The normalized spacial score (nSPS) is 19.5. The van der Waals surface area contributed by atoms with Crippen LogP contribution < -0.4 is 0 Å². The minimum absolute atomic E-state index is 0.0394. The first-order chi connectivity index (χ1) is 16.2. The molecule has 2 aliphatic heterocycles. The fourth-order valence-corrected chi connectivity index (χ4v) is 4.63. The Morgan fingerprint density at radius 2 is 1.94 bits per heavy atom.